The van der Waals surface area contributed by atoms with Crippen molar-refractivity contribution < 1.29 is 9.53 Å². The van der Waals surface area contributed by atoms with Gasteiger partial charge in [-0.05, 0) is 19.3 Å². The molecule has 0 fully saturated rings. The highest BCUT2D eigenvalue weighted by molar-refractivity contribution is 5.72. The standard InChI is InChI=1S/C13H21N3O2/c1-4-9(2)12-15-14-11-6-5-10(13(17)18-3)7-8-16(11)12/h9-10H,4-8H2,1-3H3. The predicted molar refractivity (Wildman–Crippen MR) is 67.2 cm³/mol. The molecule has 5 heteroatoms. The van der Waals surface area contributed by atoms with Crippen molar-refractivity contribution in [2.24, 2.45) is 5.92 Å². The molecule has 2 rings (SSSR count). The van der Waals surface area contributed by atoms with Crippen LogP contribution >= 0.6 is 0 Å². The van der Waals surface area contributed by atoms with Gasteiger partial charge in [0.1, 0.15) is 11.6 Å². The third-order valence-corrected chi connectivity index (χ3v) is 3.86. The smallest absolute Gasteiger partial charge is 0.308 e. The maximum Gasteiger partial charge on any atom is 0.308 e. The Balaban J connectivity index is 2.16. The molecule has 1 aromatic rings. The summed E-state index contributed by atoms with van der Waals surface area (Å²) in [6, 6.07) is 0. The van der Waals surface area contributed by atoms with E-state index in [9.17, 15) is 4.79 Å². The van der Waals surface area contributed by atoms with E-state index in [1.54, 1.807) is 0 Å². The maximum atomic E-state index is 11.6. The third kappa shape index (κ3) is 2.40. The summed E-state index contributed by atoms with van der Waals surface area (Å²) in [7, 11) is 1.46. The van der Waals surface area contributed by atoms with E-state index in [1.807, 2.05) is 0 Å². The molecule has 1 aliphatic rings. The van der Waals surface area contributed by atoms with Crippen LogP contribution in [-0.2, 0) is 22.5 Å². The van der Waals surface area contributed by atoms with Gasteiger partial charge in [0, 0.05) is 18.9 Å². The lowest BCUT2D eigenvalue weighted by Gasteiger charge is -2.13. The molecule has 18 heavy (non-hydrogen) atoms. The molecule has 0 saturated heterocycles. The molecule has 2 atom stereocenters. The highest BCUT2D eigenvalue weighted by Gasteiger charge is 2.26. The van der Waals surface area contributed by atoms with Crippen molar-refractivity contribution in [3.63, 3.8) is 0 Å². The zero-order valence-electron chi connectivity index (χ0n) is 11.3. The van der Waals surface area contributed by atoms with E-state index in [-0.39, 0.29) is 11.9 Å². The Morgan fingerprint density at radius 1 is 1.50 bits per heavy atom. The molecule has 0 aromatic carbocycles. The Kier molecular flexibility index (Phi) is 3.99. The van der Waals surface area contributed by atoms with Crippen molar-refractivity contribution >= 4 is 5.97 Å². The zero-order valence-corrected chi connectivity index (χ0v) is 11.3. The average molecular weight is 251 g/mol. The molecule has 1 aromatic heterocycles. The number of ether oxygens (including phenoxy) is 1. The molecule has 0 aliphatic carbocycles. The van der Waals surface area contributed by atoms with Gasteiger partial charge in [0.05, 0.1) is 13.0 Å². The van der Waals surface area contributed by atoms with Gasteiger partial charge in [0.15, 0.2) is 0 Å². The van der Waals surface area contributed by atoms with Gasteiger partial charge in [0.2, 0.25) is 0 Å². The predicted octanol–water partition coefficient (Wildman–Crippen LogP) is 1.92. The lowest BCUT2D eigenvalue weighted by atomic mass is 10.0. The van der Waals surface area contributed by atoms with Crippen LogP contribution in [0.15, 0.2) is 0 Å². The fraction of sp³-hybridized carbons (Fsp3) is 0.769. The first-order valence-electron chi connectivity index (χ1n) is 6.67. The SMILES string of the molecule is CCC(C)c1nnc2n1CCC(C(=O)OC)CC2. The van der Waals surface area contributed by atoms with Gasteiger partial charge in [-0.3, -0.25) is 4.79 Å². The van der Waals surface area contributed by atoms with Crippen molar-refractivity contribution in [1.82, 2.24) is 14.8 Å². The van der Waals surface area contributed by atoms with Crippen molar-refractivity contribution in [3.05, 3.63) is 11.6 Å². The Morgan fingerprint density at radius 2 is 2.28 bits per heavy atom. The molecule has 0 spiro atoms. The highest BCUT2D eigenvalue weighted by Crippen LogP contribution is 2.24. The van der Waals surface area contributed by atoms with Crippen LogP contribution in [-0.4, -0.2) is 27.8 Å². The molecular formula is C13H21N3O2. The van der Waals surface area contributed by atoms with Crippen LogP contribution in [0, 0.1) is 5.92 Å². The van der Waals surface area contributed by atoms with E-state index in [0.29, 0.717) is 5.92 Å². The van der Waals surface area contributed by atoms with Crippen molar-refractivity contribution in [1.29, 1.82) is 0 Å². The second kappa shape index (κ2) is 5.50. The number of nitrogens with zero attached hydrogens (tertiary/aromatic N) is 3. The molecule has 0 amide bonds. The molecule has 2 heterocycles. The summed E-state index contributed by atoms with van der Waals surface area (Å²) < 4.78 is 7.03. The first kappa shape index (κ1) is 13.1. The van der Waals surface area contributed by atoms with Gasteiger partial charge in [0.25, 0.3) is 0 Å². The first-order chi connectivity index (χ1) is 8.67. The molecule has 100 valence electrons. The van der Waals surface area contributed by atoms with Crippen LogP contribution in [0.5, 0.6) is 0 Å². The topological polar surface area (TPSA) is 57.0 Å². The van der Waals surface area contributed by atoms with Crippen LogP contribution in [0.2, 0.25) is 0 Å². The monoisotopic (exact) mass is 251 g/mol. The number of methoxy groups -OCH3 is 1. The van der Waals surface area contributed by atoms with E-state index < -0.39 is 0 Å². The van der Waals surface area contributed by atoms with Gasteiger partial charge in [-0.2, -0.15) is 0 Å². The lowest BCUT2D eigenvalue weighted by Crippen LogP contribution is -2.17. The van der Waals surface area contributed by atoms with E-state index in [2.05, 4.69) is 28.6 Å². The van der Waals surface area contributed by atoms with E-state index in [1.165, 1.54) is 7.11 Å². The molecule has 0 saturated carbocycles. The third-order valence-electron chi connectivity index (χ3n) is 3.86. The highest BCUT2D eigenvalue weighted by atomic mass is 16.5. The molecule has 0 bridgehead atoms. The summed E-state index contributed by atoms with van der Waals surface area (Å²) >= 11 is 0. The number of hydrogen-bond donors (Lipinski definition) is 0. The number of aromatic nitrogens is 3. The Hall–Kier alpha value is -1.39. The summed E-state index contributed by atoms with van der Waals surface area (Å²) in [5.74, 6) is 2.39. The molecule has 0 radical (unpaired) electrons. The fourth-order valence-corrected chi connectivity index (χ4v) is 2.46. The number of hydrogen-bond acceptors (Lipinski definition) is 4. The van der Waals surface area contributed by atoms with Crippen LogP contribution in [0.4, 0.5) is 0 Å². The second-order valence-corrected chi connectivity index (χ2v) is 4.98. The summed E-state index contributed by atoms with van der Waals surface area (Å²) in [6.45, 7) is 5.14. The van der Waals surface area contributed by atoms with Crippen LogP contribution in [0.1, 0.15) is 50.7 Å². The molecule has 0 N–H and O–H groups in total. The number of carbonyl (C=O) groups is 1. The van der Waals surface area contributed by atoms with Gasteiger partial charge < -0.3 is 9.30 Å². The number of fused-ring (bicyclic) bond motifs is 1. The quantitative estimate of drug-likeness (QED) is 0.770. The minimum atomic E-state index is -0.0983. The van der Waals surface area contributed by atoms with Crippen molar-refractivity contribution in [2.45, 2.75) is 52.0 Å². The Morgan fingerprint density at radius 3 is 2.94 bits per heavy atom. The molecule has 2 unspecified atom stereocenters. The molecule has 5 nitrogen and oxygen atoms in total. The van der Waals surface area contributed by atoms with Crippen LogP contribution < -0.4 is 0 Å². The average Bonchev–Trinajstić information content (AvgIpc) is 2.69. The summed E-state index contributed by atoms with van der Waals surface area (Å²) in [6.07, 6.45) is 3.49. The van der Waals surface area contributed by atoms with E-state index >= 15 is 0 Å². The van der Waals surface area contributed by atoms with Crippen molar-refractivity contribution in [3.8, 4) is 0 Å². The Bertz CT molecular complexity index is 428. The van der Waals surface area contributed by atoms with Gasteiger partial charge in [-0.25, -0.2) is 0 Å². The van der Waals surface area contributed by atoms with E-state index in [4.69, 9.17) is 4.74 Å². The zero-order chi connectivity index (χ0) is 13.1. The second-order valence-electron chi connectivity index (χ2n) is 4.98. The van der Waals surface area contributed by atoms with Crippen LogP contribution in [0.3, 0.4) is 0 Å². The summed E-state index contributed by atoms with van der Waals surface area (Å²) in [4.78, 5) is 11.6. The summed E-state index contributed by atoms with van der Waals surface area (Å²) in [5, 5.41) is 8.56. The minimum absolute atomic E-state index is 0.00137. The Labute approximate surface area is 108 Å². The first-order valence-corrected chi connectivity index (χ1v) is 6.67. The lowest BCUT2D eigenvalue weighted by molar-refractivity contribution is -0.145. The summed E-state index contributed by atoms with van der Waals surface area (Å²) in [5.41, 5.74) is 0. The number of aryl methyl sites for hydroxylation is 1. The van der Waals surface area contributed by atoms with Crippen molar-refractivity contribution in [2.75, 3.05) is 7.11 Å². The largest absolute Gasteiger partial charge is 0.469 e. The van der Waals surface area contributed by atoms with Gasteiger partial charge in [-0.15, -0.1) is 10.2 Å². The number of esters is 1. The van der Waals surface area contributed by atoms with E-state index in [0.717, 1.165) is 43.9 Å². The van der Waals surface area contributed by atoms with Gasteiger partial charge >= 0.3 is 5.97 Å². The van der Waals surface area contributed by atoms with Gasteiger partial charge in [-0.1, -0.05) is 13.8 Å². The number of carbonyl (C=O) groups excluding carboxylic acids is 1. The number of rotatable bonds is 3. The minimum Gasteiger partial charge on any atom is -0.469 e. The van der Waals surface area contributed by atoms with Crippen LogP contribution in [0.25, 0.3) is 0 Å². The maximum absolute atomic E-state index is 11.6. The fourth-order valence-electron chi connectivity index (χ4n) is 2.46. The normalized spacial score (nSPS) is 20.9. The molecular weight excluding hydrogens is 230 g/mol. The molecule has 1 aliphatic heterocycles.